The van der Waals surface area contributed by atoms with E-state index in [1.54, 1.807) is 0 Å². The molecule has 0 fully saturated rings. The second-order valence-corrected chi connectivity index (χ2v) is 12.5. The van der Waals surface area contributed by atoms with Crippen LogP contribution in [0.1, 0.15) is 41.5 Å². The van der Waals surface area contributed by atoms with E-state index < -0.39 is 0 Å². The normalized spacial score (nSPS) is 17.2. The molecule has 0 aromatic rings. The summed E-state index contributed by atoms with van der Waals surface area (Å²) >= 11 is 0. The Bertz CT molecular complexity index is 172. The van der Waals surface area contributed by atoms with Gasteiger partial charge in [0, 0.05) is 0 Å². The maximum Gasteiger partial charge on any atom is 0.0629 e. The van der Waals surface area contributed by atoms with Crippen molar-refractivity contribution in [1.29, 1.82) is 0 Å². The van der Waals surface area contributed by atoms with Crippen LogP contribution in [0.15, 0.2) is 0 Å². The summed E-state index contributed by atoms with van der Waals surface area (Å²) in [5.41, 5.74) is 0. The van der Waals surface area contributed by atoms with Crippen molar-refractivity contribution < 1.29 is 10.2 Å². The lowest BCUT2D eigenvalue weighted by Crippen LogP contribution is -2.20. The van der Waals surface area contributed by atoms with Gasteiger partial charge < -0.3 is 10.2 Å². The van der Waals surface area contributed by atoms with Crippen LogP contribution in [-0.4, -0.2) is 45.5 Å². The average Bonchev–Trinajstić information content (AvgIpc) is 2.08. The fourth-order valence-electron chi connectivity index (χ4n) is 1.48. The van der Waals surface area contributed by atoms with Gasteiger partial charge in [-0.15, -0.1) is 0 Å². The largest absolute Gasteiger partial charge is 0.392 e. The highest BCUT2D eigenvalue weighted by atomic mass is 31.1. The molecule has 2 atom stereocenters. The number of aliphatic hydroxyl groups excluding tert-OH is 2. The SMILES string of the molecule is CC(C)(C)P(CO)CCP(CO)C(C)(C)C. The zero-order valence-electron chi connectivity index (χ0n) is 11.6. The Balaban J connectivity index is 4.30. The van der Waals surface area contributed by atoms with Gasteiger partial charge >= 0.3 is 0 Å². The third-order valence-electron chi connectivity index (χ3n) is 2.88. The first-order valence-corrected chi connectivity index (χ1v) is 9.27. The van der Waals surface area contributed by atoms with Gasteiger partial charge in [-0.3, -0.25) is 0 Å². The van der Waals surface area contributed by atoms with E-state index >= 15 is 0 Å². The summed E-state index contributed by atoms with van der Waals surface area (Å²) in [5.74, 6) is 0. The van der Waals surface area contributed by atoms with Gasteiger partial charge in [-0.25, -0.2) is 0 Å². The number of aliphatic hydroxyl groups is 2. The van der Waals surface area contributed by atoms with E-state index in [1.165, 1.54) is 0 Å². The first-order chi connectivity index (χ1) is 7.12. The van der Waals surface area contributed by atoms with Crippen LogP contribution in [0.2, 0.25) is 0 Å². The standard InChI is InChI=1S/C12H28O2P2/c1-11(2,3)15(9-13)7-8-16(10-14)12(4,5)6/h13-14H,7-10H2,1-6H3. The van der Waals surface area contributed by atoms with Gasteiger partial charge in [0.25, 0.3) is 0 Å². The molecule has 2 N–H and O–H groups in total. The predicted molar refractivity (Wildman–Crippen MR) is 77.3 cm³/mol. The predicted octanol–water partition coefficient (Wildman–Crippen LogP) is 3.45. The molecular formula is C12H28O2P2. The molecule has 0 aromatic heterocycles. The molecule has 4 heteroatoms. The van der Waals surface area contributed by atoms with Crippen molar-refractivity contribution in [2.75, 3.05) is 25.0 Å². The van der Waals surface area contributed by atoms with E-state index in [1.807, 2.05) is 0 Å². The number of rotatable bonds is 5. The molecule has 98 valence electrons. The molecule has 0 amide bonds. The molecule has 0 spiro atoms. The van der Waals surface area contributed by atoms with Crippen LogP contribution in [0.4, 0.5) is 0 Å². The van der Waals surface area contributed by atoms with Crippen molar-refractivity contribution >= 4 is 15.8 Å². The van der Waals surface area contributed by atoms with Gasteiger partial charge in [0.05, 0.1) is 12.7 Å². The Labute approximate surface area is 103 Å². The second-order valence-electron chi connectivity index (χ2n) is 6.15. The van der Waals surface area contributed by atoms with E-state index in [-0.39, 0.29) is 26.2 Å². The van der Waals surface area contributed by atoms with E-state index in [2.05, 4.69) is 41.5 Å². The lowest BCUT2D eigenvalue weighted by Gasteiger charge is -2.34. The molecule has 0 radical (unpaired) electrons. The van der Waals surface area contributed by atoms with E-state index in [4.69, 9.17) is 0 Å². The van der Waals surface area contributed by atoms with E-state index in [0.29, 0.717) is 12.7 Å². The number of hydrogen-bond donors (Lipinski definition) is 2. The lowest BCUT2D eigenvalue weighted by atomic mass is 10.3. The van der Waals surface area contributed by atoms with Crippen LogP contribution in [0.5, 0.6) is 0 Å². The van der Waals surface area contributed by atoms with E-state index in [0.717, 1.165) is 12.3 Å². The molecule has 0 saturated carbocycles. The second kappa shape index (κ2) is 6.64. The number of hydrogen-bond acceptors (Lipinski definition) is 2. The molecule has 2 nitrogen and oxygen atoms in total. The van der Waals surface area contributed by atoms with Gasteiger partial charge in [0.2, 0.25) is 0 Å². The molecule has 0 bridgehead atoms. The minimum Gasteiger partial charge on any atom is -0.392 e. The van der Waals surface area contributed by atoms with Gasteiger partial charge in [0.15, 0.2) is 0 Å². The van der Waals surface area contributed by atoms with Gasteiger partial charge in [-0.1, -0.05) is 57.4 Å². The Morgan fingerprint density at radius 2 is 0.938 bits per heavy atom. The minimum absolute atomic E-state index is 0.221. The van der Waals surface area contributed by atoms with Gasteiger partial charge in [0.1, 0.15) is 0 Å². The minimum atomic E-state index is -0.324. The topological polar surface area (TPSA) is 40.5 Å². The van der Waals surface area contributed by atoms with Crippen LogP contribution >= 0.6 is 15.8 Å². The van der Waals surface area contributed by atoms with E-state index in [9.17, 15) is 10.2 Å². The van der Waals surface area contributed by atoms with Crippen molar-refractivity contribution in [3.63, 3.8) is 0 Å². The maximum absolute atomic E-state index is 9.42. The summed E-state index contributed by atoms with van der Waals surface area (Å²) in [7, 11) is -0.648. The fourth-order valence-corrected chi connectivity index (χ4v) is 5.88. The molecular weight excluding hydrogens is 238 g/mol. The van der Waals surface area contributed by atoms with Crippen molar-refractivity contribution in [3.05, 3.63) is 0 Å². The third kappa shape index (κ3) is 5.92. The summed E-state index contributed by atoms with van der Waals surface area (Å²) in [6.45, 7) is 13.2. The Hall–Kier alpha value is 0.780. The Morgan fingerprint density at radius 1 is 0.688 bits per heavy atom. The summed E-state index contributed by atoms with van der Waals surface area (Å²) in [6.07, 6.45) is 2.80. The smallest absolute Gasteiger partial charge is 0.0629 e. The molecule has 0 aliphatic heterocycles. The summed E-state index contributed by atoms with van der Waals surface area (Å²) in [4.78, 5) is 0. The van der Waals surface area contributed by atoms with Crippen molar-refractivity contribution in [3.8, 4) is 0 Å². The molecule has 2 unspecified atom stereocenters. The highest BCUT2D eigenvalue weighted by Crippen LogP contribution is 2.54. The first kappa shape index (κ1) is 16.8. The summed E-state index contributed by atoms with van der Waals surface area (Å²) in [6, 6.07) is 0. The monoisotopic (exact) mass is 266 g/mol. The fraction of sp³-hybridized carbons (Fsp3) is 1.00. The Kier molecular flexibility index (Phi) is 6.97. The zero-order chi connectivity index (χ0) is 13.0. The molecule has 0 heterocycles. The molecule has 0 aliphatic carbocycles. The average molecular weight is 266 g/mol. The van der Waals surface area contributed by atoms with Gasteiger partial charge in [-0.05, 0) is 22.6 Å². The summed E-state index contributed by atoms with van der Waals surface area (Å²) in [5, 5.41) is 19.3. The molecule has 16 heavy (non-hydrogen) atoms. The highest BCUT2D eigenvalue weighted by molar-refractivity contribution is 7.63. The molecule has 0 rings (SSSR count). The van der Waals surface area contributed by atoms with Crippen LogP contribution in [-0.2, 0) is 0 Å². The molecule has 0 aromatic carbocycles. The Morgan fingerprint density at radius 3 is 1.06 bits per heavy atom. The van der Waals surface area contributed by atoms with Crippen molar-refractivity contribution in [2.24, 2.45) is 0 Å². The quantitative estimate of drug-likeness (QED) is 0.748. The zero-order valence-corrected chi connectivity index (χ0v) is 13.4. The highest BCUT2D eigenvalue weighted by Gasteiger charge is 2.27. The van der Waals surface area contributed by atoms with Crippen LogP contribution in [0, 0.1) is 0 Å². The van der Waals surface area contributed by atoms with Crippen molar-refractivity contribution in [2.45, 2.75) is 51.9 Å². The van der Waals surface area contributed by atoms with Crippen LogP contribution in [0.3, 0.4) is 0 Å². The molecule has 0 aliphatic rings. The van der Waals surface area contributed by atoms with Crippen molar-refractivity contribution in [1.82, 2.24) is 0 Å². The third-order valence-corrected chi connectivity index (χ3v) is 9.24. The summed E-state index contributed by atoms with van der Waals surface area (Å²) < 4.78 is 0. The first-order valence-electron chi connectivity index (χ1n) is 5.84. The van der Waals surface area contributed by atoms with Gasteiger partial charge in [-0.2, -0.15) is 0 Å². The van der Waals surface area contributed by atoms with Crippen LogP contribution < -0.4 is 0 Å². The van der Waals surface area contributed by atoms with Crippen LogP contribution in [0.25, 0.3) is 0 Å². The molecule has 0 saturated heterocycles. The lowest BCUT2D eigenvalue weighted by molar-refractivity contribution is 0.365. The maximum atomic E-state index is 9.42.